The van der Waals surface area contributed by atoms with Gasteiger partial charge in [0.1, 0.15) is 5.52 Å². The molecule has 0 radical (unpaired) electrons. The molecule has 1 fully saturated rings. The molecule has 6 heteroatoms. The summed E-state index contributed by atoms with van der Waals surface area (Å²) in [6.45, 7) is 7.51. The maximum absolute atomic E-state index is 12.1. The van der Waals surface area contributed by atoms with Crippen molar-refractivity contribution in [3.63, 3.8) is 0 Å². The molecule has 0 spiro atoms. The van der Waals surface area contributed by atoms with Crippen molar-refractivity contribution in [1.82, 2.24) is 20.5 Å². The molecular weight excluding hydrogens is 268 g/mol. The summed E-state index contributed by atoms with van der Waals surface area (Å²) in [5.74, 6) is 0.143. The third kappa shape index (κ3) is 3.40. The predicted octanol–water partition coefficient (Wildman–Crippen LogP) is 0.771. The smallest absolute Gasteiger partial charge is 0.287 e. The topological polar surface area (TPSA) is 70.4 Å². The standard InChI is InChI=1S/C15H20N4O2/c1-11-2-3-13-12(18-11)10-14(21-13)15(20)17-6-9-19-7-4-16-5-8-19/h2-3,10,16H,4-9H2,1H3,(H,17,20). The van der Waals surface area contributed by atoms with Crippen molar-refractivity contribution in [2.24, 2.45) is 0 Å². The maximum Gasteiger partial charge on any atom is 0.287 e. The zero-order chi connectivity index (χ0) is 14.7. The minimum Gasteiger partial charge on any atom is -0.449 e. The molecule has 0 aromatic carbocycles. The first-order chi connectivity index (χ1) is 10.2. The first-order valence-electron chi connectivity index (χ1n) is 7.31. The molecule has 2 aromatic rings. The highest BCUT2D eigenvalue weighted by atomic mass is 16.3. The van der Waals surface area contributed by atoms with Crippen molar-refractivity contribution in [3.8, 4) is 0 Å². The van der Waals surface area contributed by atoms with Gasteiger partial charge in [-0.25, -0.2) is 4.98 Å². The summed E-state index contributed by atoms with van der Waals surface area (Å²) in [5.41, 5.74) is 2.28. The average molecular weight is 288 g/mol. The third-order valence-electron chi connectivity index (χ3n) is 3.66. The van der Waals surface area contributed by atoms with Gasteiger partial charge in [0.2, 0.25) is 0 Å². The van der Waals surface area contributed by atoms with Crippen LogP contribution in [0.15, 0.2) is 22.6 Å². The number of nitrogens with zero attached hydrogens (tertiary/aromatic N) is 2. The first-order valence-corrected chi connectivity index (χ1v) is 7.31. The molecule has 1 saturated heterocycles. The lowest BCUT2D eigenvalue weighted by molar-refractivity contribution is 0.0922. The van der Waals surface area contributed by atoms with Crippen LogP contribution >= 0.6 is 0 Å². The van der Waals surface area contributed by atoms with Crippen LogP contribution in [-0.4, -0.2) is 55.1 Å². The van der Waals surface area contributed by atoms with Crippen LogP contribution in [0.25, 0.3) is 11.1 Å². The highest BCUT2D eigenvalue weighted by Gasteiger charge is 2.14. The molecule has 21 heavy (non-hydrogen) atoms. The Kier molecular flexibility index (Phi) is 4.17. The third-order valence-corrected chi connectivity index (χ3v) is 3.66. The van der Waals surface area contributed by atoms with Crippen LogP contribution in [0.5, 0.6) is 0 Å². The molecule has 1 aliphatic heterocycles. The van der Waals surface area contributed by atoms with E-state index in [2.05, 4.69) is 20.5 Å². The Labute approximate surface area is 123 Å². The van der Waals surface area contributed by atoms with E-state index in [0.29, 0.717) is 17.9 Å². The van der Waals surface area contributed by atoms with Crippen LogP contribution in [0.4, 0.5) is 0 Å². The lowest BCUT2D eigenvalue weighted by Gasteiger charge is -2.26. The van der Waals surface area contributed by atoms with E-state index in [1.165, 1.54) is 0 Å². The number of fused-ring (bicyclic) bond motifs is 1. The quantitative estimate of drug-likeness (QED) is 0.869. The van der Waals surface area contributed by atoms with Crippen molar-refractivity contribution in [2.75, 3.05) is 39.3 Å². The van der Waals surface area contributed by atoms with E-state index in [-0.39, 0.29) is 5.91 Å². The number of piperazine rings is 1. The Morgan fingerprint density at radius 3 is 3.05 bits per heavy atom. The number of amides is 1. The molecule has 1 amide bonds. The fourth-order valence-electron chi connectivity index (χ4n) is 2.49. The number of carbonyl (C=O) groups is 1. The van der Waals surface area contributed by atoms with E-state index in [1.54, 1.807) is 6.07 Å². The molecule has 0 bridgehead atoms. The number of nitrogens with one attached hydrogen (secondary N) is 2. The Bertz CT molecular complexity index is 632. The molecular formula is C15H20N4O2. The molecule has 1 aliphatic rings. The number of hydrogen-bond donors (Lipinski definition) is 2. The van der Waals surface area contributed by atoms with Crippen molar-refractivity contribution in [1.29, 1.82) is 0 Å². The van der Waals surface area contributed by atoms with Crippen molar-refractivity contribution >= 4 is 17.0 Å². The van der Waals surface area contributed by atoms with Crippen molar-refractivity contribution < 1.29 is 9.21 Å². The maximum atomic E-state index is 12.1. The monoisotopic (exact) mass is 288 g/mol. The fraction of sp³-hybridized carbons (Fsp3) is 0.467. The number of rotatable bonds is 4. The van der Waals surface area contributed by atoms with Gasteiger partial charge in [0, 0.05) is 51.0 Å². The van der Waals surface area contributed by atoms with Gasteiger partial charge in [-0.3, -0.25) is 9.69 Å². The SMILES string of the molecule is Cc1ccc2oc(C(=O)NCCN3CCNCC3)cc2n1. The van der Waals surface area contributed by atoms with Crippen LogP contribution in [0.2, 0.25) is 0 Å². The molecule has 6 nitrogen and oxygen atoms in total. The molecule has 3 rings (SSSR count). The van der Waals surface area contributed by atoms with Gasteiger partial charge in [0.15, 0.2) is 11.3 Å². The van der Waals surface area contributed by atoms with Gasteiger partial charge in [0.25, 0.3) is 5.91 Å². The van der Waals surface area contributed by atoms with Gasteiger partial charge in [-0.2, -0.15) is 0 Å². The molecule has 112 valence electrons. The van der Waals surface area contributed by atoms with Gasteiger partial charge in [-0.15, -0.1) is 0 Å². The highest BCUT2D eigenvalue weighted by Crippen LogP contribution is 2.17. The Hall–Kier alpha value is -1.92. The summed E-state index contributed by atoms with van der Waals surface area (Å²) in [6, 6.07) is 5.41. The zero-order valence-corrected chi connectivity index (χ0v) is 12.2. The first kappa shape index (κ1) is 14.0. The molecule has 2 aromatic heterocycles. The van der Waals surface area contributed by atoms with Crippen LogP contribution < -0.4 is 10.6 Å². The number of hydrogen-bond acceptors (Lipinski definition) is 5. The van der Waals surface area contributed by atoms with E-state index < -0.39 is 0 Å². The Balaban J connectivity index is 1.56. The number of aryl methyl sites for hydroxylation is 1. The summed E-state index contributed by atoms with van der Waals surface area (Å²) in [5, 5.41) is 6.21. The van der Waals surface area contributed by atoms with Gasteiger partial charge in [-0.1, -0.05) is 0 Å². The van der Waals surface area contributed by atoms with Gasteiger partial charge in [-0.05, 0) is 19.1 Å². The van der Waals surface area contributed by atoms with E-state index in [9.17, 15) is 4.79 Å². The summed E-state index contributed by atoms with van der Waals surface area (Å²) < 4.78 is 5.53. The molecule has 3 heterocycles. The summed E-state index contributed by atoms with van der Waals surface area (Å²) in [4.78, 5) is 18.8. The average Bonchev–Trinajstić information content (AvgIpc) is 2.91. The number of pyridine rings is 1. The van der Waals surface area contributed by atoms with Crippen molar-refractivity contribution in [3.05, 3.63) is 29.7 Å². The molecule has 2 N–H and O–H groups in total. The largest absolute Gasteiger partial charge is 0.449 e. The van der Waals surface area contributed by atoms with Crippen LogP contribution in [0, 0.1) is 6.92 Å². The van der Waals surface area contributed by atoms with E-state index in [1.807, 2.05) is 19.1 Å². The predicted molar refractivity (Wildman–Crippen MR) is 80.4 cm³/mol. The van der Waals surface area contributed by atoms with Gasteiger partial charge < -0.3 is 15.1 Å². The van der Waals surface area contributed by atoms with E-state index >= 15 is 0 Å². The van der Waals surface area contributed by atoms with Gasteiger partial charge >= 0.3 is 0 Å². The normalized spacial score (nSPS) is 16.2. The minimum atomic E-state index is -0.180. The van der Waals surface area contributed by atoms with Crippen LogP contribution in [-0.2, 0) is 0 Å². The van der Waals surface area contributed by atoms with E-state index in [4.69, 9.17) is 4.42 Å². The lowest BCUT2D eigenvalue weighted by Crippen LogP contribution is -2.46. The van der Waals surface area contributed by atoms with Crippen LogP contribution in [0.3, 0.4) is 0 Å². The minimum absolute atomic E-state index is 0.180. The number of carbonyl (C=O) groups excluding carboxylic acids is 1. The Morgan fingerprint density at radius 1 is 1.43 bits per heavy atom. The van der Waals surface area contributed by atoms with Crippen molar-refractivity contribution in [2.45, 2.75) is 6.92 Å². The fourth-order valence-corrected chi connectivity index (χ4v) is 2.49. The Morgan fingerprint density at radius 2 is 2.24 bits per heavy atom. The number of aromatic nitrogens is 1. The molecule has 0 aliphatic carbocycles. The van der Waals surface area contributed by atoms with Gasteiger partial charge in [0.05, 0.1) is 0 Å². The molecule has 0 unspecified atom stereocenters. The van der Waals surface area contributed by atoms with Crippen LogP contribution in [0.1, 0.15) is 16.2 Å². The second-order valence-corrected chi connectivity index (χ2v) is 5.29. The highest BCUT2D eigenvalue weighted by molar-refractivity contribution is 5.95. The number of furan rings is 1. The molecule has 0 saturated carbocycles. The summed E-state index contributed by atoms with van der Waals surface area (Å²) in [6.07, 6.45) is 0. The zero-order valence-electron chi connectivity index (χ0n) is 12.2. The second-order valence-electron chi connectivity index (χ2n) is 5.29. The summed E-state index contributed by atoms with van der Waals surface area (Å²) >= 11 is 0. The second kappa shape index (κ2) is 6.24. The lowest BCUT2D eigenvalue weighted by atomic mass is 10.3. The summed E-state index contributed by atoms with van der Waals surface area (Å²) in [7, 11) is 0. The molecule has 0 atom stereocenters. The van der Waals surface area contributed by atoms with E-state index in [0.717, 1.165) is 43.9 Å².